The monoisotopic (exact) mass is 547 g/mol. The Bertz CT molecular complexity index is 2330. The summed E-state index contributed by atoms with van der Waals surface area (Å²) in [5.41, 5.74) is 10.6. The molecular formula is C40H25N3. The Labute approximate surface area is 249 Å². The third-order valence-corrected chi connectivity index (χ3v) is 8.27. The first kappa shape index (κ1) is 24.8. The van der Waals surface area contributed by atoms with Gasteiger partial charge >= 0.3 is 0 Å². The van der Waals surface area contributed by atoms with Crippen LogP contribution < -0.4 is 0 Å². The Morgan fingerprint density at radius 2 is 1.19 bits per heavy atom. The summed E-state index contributed by atoms with van der Waals surface area (Å²) < 4.78 is 2.40. The van der Waals surface area contributed by atoms with Gasteiger partial charge in [-0.25, -0.2) is 0 Å². The molecule has 0 aliphatic carbocycles. The molecule has 0 fully saturated rings. The highest BCUT2D eigenvalue weighted by Crippen LogP contribution is 2.42. The molecule has 0 saturated heterocycles. The lowest BCUT2D eigenvalue weighted by atomic mass is 9.93. The standard InChI is InChI=1S/C40H25N3/c41-26-27-21-22-42-37(23-27)30-17-15-29(16-18-30)36-25-39-40(34-14-8-7-13-33(34)36)35-20-19-31(28-9-3-1-4-10-28)24-38(35)43(39)32-11-5-2-6-12-32/h1-25H. The molecule has 43 heavy (non-hydrogen) atoms. The van der Waals surface area contributed by atoms with E-state index < -0.39 is 0 Å². The van der Waals surface area contributed by atoms with Gasteiger partial charge in [0.15, 0.2) is 0 Å². The fraction of sp³-hybridized carbons (Fsp3) is 0. The van der Waals surface area contributed by atoms with Crippen molar-refractivity contribution in [3.63, 3.8) is 0 Å². The number of pyridine rings is 1. The van der Waals surface area contributed by atoms with Crippen molar-refractivity contribution in [3.05, 3.63) is 157 Å². The molecule has 200 valence electrons. The number of fused-ring (bicyclic) bond motifs is 5. The van der Waals surface area contributed by atoms with Gasteiger partial charge in [0.1, 0.15) is 0 Å². The van der Waals surface area contributed by atoms with Gasteiger partial charge in [-0.15, -0.1) is 0 Å². The summed E-state index contributed by atoms with van der Waals surface area (Å²) in [7, 11) is 0. The highest BCUT2D eigenvalue weighted by molar-refractivity contribution is 6.24. The van der Waals surface area contributed by atoms with Crippen LogP contribution in [-0.2, 0) is 0 Å². The molecule has 6 aromatic carbocycles. The molecule has 0 unspecified atom stereocenters. The Balaban J connectivity index is 1.40. The molecule has 0 saturated carbocycles. The number of nitrogens with zero attached hydrogens (tertiary/aromatic N) is 3. The molecular weight excluding hydrogens is 522 g/mol. The van der Waals surface area contributed by atoms with Crippen LogP contribution in [0.2, 0.25) is 0 Å². The van der Waals surface area contributed by atoms with E-state index in [0.29, 0.717) is 5.56 Å². The number of para-hydroxylation sites is 1. The number of nitriles is 1. The lowest BCUT2D eigenvalue weighted by Gasteiger charge is -2.13. The van der Waals surface area contributed by atoms with Crippen molar-refractivity contribution in [1.82, 2.24) is 9.55 Å². The second-order valence-corrected chi connectivity index (χ2v) is 10.8. The Morgan fingerprint density at radius 3 is 1.95 bits per heavy atom. The molecule has 2 heterocycles. The predicted molar refractivity (Wildman–Crippen MR) is 177 cm³/mol. The minimum absolute atomic E-state index is 0.606. The van der Waals surface area contributed by atoms with Crippen LogP contribution in [0.15, 0.2) is 152 Å². The van der Waals surface area contributed by atoms with Crippen LogP contribution in [0.1, 0.15) is 5.56 Å². The predicted octanol–water partition coefficient (Wildman–Crippen LogP) is 10.2. The highest BCUT2D eigenvalue weighted by atomic mass is 15.0. The Morgan fingerprint density at radius 1 is 0.512 bits per heavy atom. The maximum absolute atomic E-state index is 9.34. The summed E-state index contributed by atoms with van der Waals surface area (Å²) in [6, 6.07) is 53.4. The van der Waals surface area contributed by atoms with E-state index in [9.17, 15) is 5.26 Å². The summed E-state index contributed by atoms with van der Waals surface area (Å²) in [5.74, 6) is 0. The Hall–Kier alpha value is -5.98. The van der Waals surface area contributed by atoms with E-state index in [-0.39, 0.29) is 0 Å². The molecule has 0 N–H and O–H groups in total. The lowest BCUT2D eigenvalue weighted by Crippen LogP contribution is -1.94. The van der Waals surface area contributed by atoms with E-state index >= 15 is 0 Å². The number of benzene rings is 6. The zero-order valence-corrected chi connectivity index (χ0v) is 23.3. The third kappa shape index (κ3) is 4.17. The maximum atomic E-state index is 9.34. The van der Waals surface area contributed by atoms with Crippen LogP contribution in [0.4, 0.5) is 0 Å². The quantitative estimate of drug-likeness (QED) is 0.220. The van der Waals surface area contributed by atoms with Crippen LogP contribution in [0, 0.1) is 11.3 Å². The molecule has 0 aliphatic heterocycles. The molecule has 0 bridgehead atoms. The van der Waals surface area contributed by atoms with Crippen molar-refractivity contribution in [1.29, 1.82) is 5.26 Å². The van der Waals surface area contributed by atoms with Crippen molar-refractivity contribution < 1.29 is 0 Å². The molecule has 0 atom stereocenters. The highest BCUT2D eigenvalue weighted by Gasteiger charge is 2.18. The third-order valence-electron chi connectivity index (χ3n) is 8.27. The van der Waals surface area contributed by atoms with Crippen molar-refractivity contribution in [2.24, 2.45) is 0 Å². The second kappa shape index (κ2) is 10.1. The molecule has 8 aromatic rings. The molecule has 2 aromatic heterocycles. The van der Waals surface area contributed by atoms with Gasteiger partial charge in [0.25, 0.3) is 0 Å². The first-order valence-electron chi connectivity index (χ1n) is 14.4. The average molecular weight is 548 g/mol. The maximum Gasteiger partial charge on any atom is 0.0992 e. The number of aromatic nitrogens is 2. The minimum Gasteiger partial charge on any atom is -0.309 e. The summed E-state index contributed by atoms with van der Waals surface area (Å²) in [4.78, 5) is 4.49. The molecule has 0 spiro atoms. The zero-order valence-electron chi connectivity index (χ0n) is 23.3. The van der Waals surface area contributed by atoms with Gasteiger partial charge in [-0.05, 0) is 69.4 Å². The second-order valence-electron chi connectivity index (χ2n) is 10.8. The molecule has 0 radical (unpaired) electrons. The number of hydrogen-bond acceptors (Lipinski definition) is 2. The average Bonchev–Trinajstić information content (AvgIpc) is 3.42. The van der Waals surface area contributed by atoms with Crippen LogP contribution in [-0.4, -0.2) is 9.55 Å². The van der Waals surface area contributed by atoms with E-state index in [0.717, 1.165) is 22.5 Å². The summed E-state index contributed by atoms with van der Waals surface area (Å²) in [6.45, 7) is 0. The van der Waals surface area contributed by atoms with Crippen LogP contribution >= 0.6 is 0 Å². The molecule has 0 aliphatic rings. The fourth-order valence-corrected chi connectivity index (χ4v) is 6.26. The molecule has 8 rings (SSSR count). The smallest absolute Gasteiger partial charge is 0.0992 e. The van der Waals surface area contributed by atoms with E-state index in [1.807, 2.05) is 6.07 Å². The van der Waals surface area contributed by atoms with Crippen molar-refractivity contribution >= 4 is 32.6 Å². The van der Waals surface area contributed by atoms with Gasteiger partial charge in [-0.2, -0.15) is 5.26 Å². The fourth-order valence-electron chi connectivity index (χ4n) is 6.26. The van der Waals surface area contributed by atoms with Crippen LogP contribution in [0.5, 0.6) is 0 Å². The van der Waals surface area contributed by atoms with Crippen molar-refractivity contribution in [3.8, 4) is 45.3 Å². The van der Waals surface area contributed by atoms with E-state index in [1.54, 1.807) is 12.3 Å². The molecule has 0 amide bonds. The van der Waals surface area contributed by atoms with Crippen molar-refractivity contribution in [2.75, 3.05) is 0 Å². The topological polar surface area (TPSA) is 41.6 Å². The minimum atomic E-state index is 0.606. The van der Waals surface area contributed by atoms with Gasteiger partial charge in [-0.1, -0.05) is 109 Å². The van der Waals surface area contributed by atoms with Gasteiger partial charge in [0.2, 0.25) is 0 Å². The molecule has 3 nitrogen and oxygen atoms in total. The zero-order chi connectivity index (χ0) is 28.8. The largest absolute Gasteiger partial charge is 0.309 e. The van der Waals surface area contributed by atoms with E-state index in [1.165, 1.54) is 49.3 Å². The van der Waals surface area contributed by atoms with Crippen LogP contribution in [0.25, 0.3) is 71.8 Å². The van der Waals surface area contributed by atoms with Crippen LogP contribution in [0.3, 0.4) is 0 Å². The van der Waals surface area contributed by atoms with E-state index in [2.05, 4.69) is 149 Å². The number of rotatable bonds is 4. The lowest BCUT2D eigenvalue weighted by molar-refractivity contribution is 1.18. The summed E-state index contributed by atoms with van der Waals surface area (Å²) >= 11 is 0. The van der Waals surface area contributed by atoms with Gasteiger partial charge in [0, 0.05) is 28.2 Å². The number of hydrogen-bond donors (Lipinski definition) is 0. The summed E-state index contributed by atoms with van der Waals surface area (Å²) in [5, 5.41) is 14.3. The SMILES string of the molecule is N#Cc1ccnc(-c2ccc(-c3cc4c(c5ccccc35)c3ccc(-c5ccccc5)cc3n4-c3ccccc3)cc2)c1. The van der Waals surface area contributed by atoms with E-state index in [4.69, 9.17) is 0 Å². The first-order chi connectivity index (χ1) is 21.3. The molecule has 3 heteroatoms. The van der Waals surface area contributed by atoms with Crippen molar-refractivity contribution in [2.45, 2.75) is 0 Å². The summed E-state index contributed by atoms with van der Waals surface area (Å²) in [6.07, 6.45) is 1.69. The first-order valence-corrected chi connectivity index (χ1v) is 14.4. The normalized spacial score (nSPS) is 11.2. The van der Waals surface area contributed by atoms with Gasteiger partial charge < -0.3 is 4.57 Å². The van der Waals surface area contributed by atoms with Gasteiger partial charge in [0.05, 0.1) is 28.4 Å². The van der Waals surface area contributed by atoms with Gasteiger partial charge in [-0.3, -0.25) is 4.98 Å². The Kier molecular flexibility index (Phi) is 5.84.